The average molecular weight is 340 g/mol. The van der Waals surface area contributed by atoms with Crippen LogP contribution in [-0.2, 0) is 13.1 Å². The smallest absolute Gasteiger partial charge is 0.248 e. The zero-order chi connectivity index (χ0) is 18.1. The summed E-state index contributed by atoms with van der Waals surface area (Å²) in [4.78, 5) is 15.3. The molecule has 0 aliphatic rings. The van der Waals surface area contributed by atoms with Crippen molar-refractivity contribution in [3.8, 4) is 5.75 Å². The third-order valence-corrected chi connectivity index (χ3v) is 3.64. The van der Waals surface area contributed by atoms with Gasteiger partial charge in [-0.3, -0.25) is 9.79 Å². The monoisotopic (exact) mass is 340 g/mol. The Bertz CT molecular complexity index is 726. The quantitative estimate of drug-likeness (QED) is 0.532. The second-order valence-electron chi connectivity index (χ2n) is 5.38. The first kappa shape index (κ1) is 18.3. The molecule has 2 rings (SSSR count). The van der Waals surface area contributed by atoms with Crippen molar-refractivity contribution in [2.45, 2.75) is 20.0 Å². The number of carbonyl (C=O) groups is 1. The first-order valence-electron chi connectivity index (χ1n) is 8.18. The highest BCUT2D eigenvalue weighted by molar-refractivity contribution is 5.92. The number of nitrogens with two attached hydrogens (primary N) is 1. The minimum Gasteiger partial charge on any atom is -0.494 e. The van der Waals surface area contributed by atoms with Gasteiger partial charge in [0.05, 0.1) is 6.61 Å². The predicted octanol–water partition coefficient (Wildman–Crippen LogP) is 2.05. The summed E-state index contributed by atoms with van der Waals surface area (Å²) in [5.74, 6) is 1.13. The van der Waals surface area contributed by atoms with Crippen molar-refractivity contribution >= 4 is 11.9 Å². The molecular weight excluding hydrogens is 316 g/mol. The molecule has 0 fully saturated rings. The summed E-state index contributed by atoms with van der Waals surface area (Å²) >= 11 is 0. The molecule has 2 aromatic carbocycles. The highest BCUT2D eigenvalue weighted by Crippen LogP contribution is 2.17. The van der Waals surface area contributed by atoms with Gasteiger partial charge in [-0.05, 0) is 30.7 Å². The number of primary amides is 1. The first-order chi connectivity index (χ1) is 12.1. The molecule has 0 radical (unpaired) electrons. The van der Waals surface area contributed by atoms with Crippen LogP contribution in [0.15, 0.2) is 53.5 Å². The van der Waals surface area contributed by atoms with E-state index in [1.165, 1.54) is 0 Å². The number of guanidine groups is 1. The Kier molecular flexibility index (Phi) is 6.83. The van der Waals surface area contributed by atoms with Crippen molar-refractivity contribution in [1.82, 2.24) is 10.6 Å². The van der Waals surface area contributed by atoms with Gasteiger partial charge in [-0.15, -0.1) is 0 Å². The molecule has 0 unspecified atom stereocenters. The molecule has 0 atom stereocenters. The van der Waals surface area contributed by atoms with Crippen LogP contribution < -0.4 is 21.1 Å². The molecule has 0 saturated heterocycles. The van der Waals surface area contributed by atoms with Crippen molar-refractivity contribution in [3.63, 3.8) is 0 Å². The lowest BCUT2D eigenvalue weighted by Gasteiger charge is -2.14. The molecule has 2 aromatic rings. The van der Waals surface area contributed by atoms with Gasteiger partial charge in [0.1, 0.15) is 5.75 Å². The maximum atomic E-state index is 11.1. The maximum absolute atomic E-state index is 11.1. The van der Waals surface area contributed by atoms with Gasteiger partial charge in [-0.2, -0.15) is 0 Å². The number of amides is 1. The fourth-order valence-corrected chi connectivity index (χ4v) is 2.32. The number of carbonyl (C=O) groups excluding carboxylic acids is 1. The van der Waals surface area contributed by atoms with Crippen LogP contribution in [-0.4, -0.2) is 25.5 Å². The summed E-state index contributed by atoms with van der Waals surface area (Å²) in [7, 11) is 1.72. The zero-order valence-electron chi connectivity index (χ0n) is 14.6. The minimum absolute atomic E-state index is 0.426. The number of nitrogens with zero attached hydrogens (tertiary/aromatic N) is 1. The minimum atomic E-state index is -0.426. The number of rotatable bonds is 7. The Morgan fingerprint density at radius 3 is 2.40 bits per heavy atom. The van der Waals surface area contributed by atoms with Gasteiger partial charge in [-0.25, -0.2) is 0 Å². The molecule has 1 amide bonds. The first-order valence-corrected chi connectivity index (χ1v) is 8.18. The highest BCUT2D eigenvalue weighted by Gasteiger charge is 2.05. The summed E-state index contributed by atoms with van der Waals surface area (Å²) in [5, 5.41) is 6.51. The predicted molar refractivity (Wildman–Crippen MR) is 99.6 cm³/mol. The number of ether oxygens (including phenoxy) is 1. The van der Waals surface area contributed by atoms with Crippen LogP contribution in [0, 0.1) is 0 Å². The van der Waals surface area contributed by atoms with E-state index < -0.39 is 5.91 Å². The summed E-state index contributed by atoms with van der Waals surface area (Å²) in [6.45, 7) is 3.79. The van der Waals surface area contributed by atoms with E-state index in [1.807, 2.05) is 43.3 Å². The number of nitrogens with one attached hydrogen (secondary N) is 2. The van der Waals surface area contributed by atoms with Crippen molar-refractivity contribution in [2.75, 3.05) is 13.7 Å². The van der Waals surface area contributed by atoms with Gasteiger partial charge in [0.25, 0.3) is 0 Å². The summed E-state index contributed by atoms with van der Waals surface area (Å²) < 4.78 is 5.62. The number of hydrogen-bond acceptors (Lipinski definition) is 3. The van der Waals surface area contributed by atoms with Gasteiger partial charge in [-0.1, -0.05) is 30.3 Å². The average Bonchev–Trinajstić information content (AvgIpc) is 2.63. The number of benzene rings is 2. The van der Waals surface area contributed by atoms with Crippen LogP contribution in [0.4, 0.5) is 0 Å². The van der Waals surface area contributed by atoms with E-state index >= 15 is 0 Å². The maximum Gasteiger partial charge on any atom is 0.248 e. The van der Waals surface area contributed by atoms with Gasteiger partial charge in [0.2, 0.25) is 5.91 Å². The van der Waals surface area contributed by atoms with Crippen LogP contribution >= 0.6 is 0 Å². The van der Waals surface area contributed by atoms with Gasteiger partial charge in [0, 0.05) is 31.3 Å². The largest absolute Gasteiger partial charge is 0.494 e. The molecule has 0 aliphatic heterocycles. The van der Waals surface area contributed by atoms with E-state index in [0.717, 1.165) is 16.9 Å². The van der Waals surface area contributed by atoms with E-state index in [2.05, 4.69) is 15.6 Å². The van der Waals surface area contributed by atoms with Crippen molar-refractivity contribution < 1.29 is 9.53 Å². The van der Waals surface area contributed by atoms with Crippen LogP contribution in [0.1, 0.15) is 28.4 Å². The summed E-state index contributed by atoms with van der Waals surface area (Å²) in [6.07, 6.45) is 0. The Balaban J connectivity index is 1.90. The Morgan fingerprint density at radius 1 is 1.08 bits per heavy atom. The molecule has 0 saturated carbocycles. The zero-order valence-corrected chi connectivity index (χ0v) is 14.6. The van der Waals surface area contributed by atoms with Gasteiger partial charge < -0.3 is 21.1 Å². The fraction of sp³-hybridized carbons (Fsp3) is 0.263. The van der Waals surface area contributed by atoms with Crippen molar-refractivity contribution in [2.24, 2.45) is 10.7 Å². The standard InChI is InChI=1S/C19H24N4O2/c1-3-25-17-7-5-4-6-16(17)13-23-19(21-2)22-12-14-8-10-15(11-9-14)18(20)24/h4-11H,3,12-13H2,1-2H3,(H2,20,24)(H2,21,22,23). The summed E-state index contributed by atoms with van der Waals surface area (Å²) in [5.41, 5.74) is 7.84. The molecule has 0 aliphatic carbocycles. The number of hydrogen-bond donors (Lipinski definition) is 3. The van der Waals surface area contributed by atoms with Crippen molar-refractivity contribution in [3.05, 3.63) is 65.2 Å². The Labute approximate surface area is 148 Å². The van der Waals surface area contributed by atoms with E-state index in [4.69, 9.17) is 10.5 Å². The normalized spacial score (nSPS) is 11.0. The van der Waals surface area contributed by atoms with Crippen LogP contribution in [0.5, 0.6) is 5.75 Å². The third-order valence-electron chi connectivity index (χ3n) is 3.64. The van der Waals surface area contributed by atoms with Gasteiger partial charge >= 0.3 is 0 Å². The molecule has 132 valence electrons. The summed E-state index contributed by atoms with van der Waals surface area (Å²) in [6, 6.07) is 15.1. The number of aliphatic imine (C=N–C) groups is 1. The fourth-order valence-electron chi connectivity index (χ4n) is 2.32. The van der Waals surface area contributed by atoms with E-state index in [0.29, 0.717) is 31.2 Å². The van der Waals surface area contributed by atoms with Gasteiger partial charge in [0.15, 0.2) is 5.96 Å². The molecule has 6 nitrogen and oxygen atoms in total. The second-order valence-corrected chi connectivity index (χ2v) is 5.38. The Hall–Kier alpha value is -3.02. The molecule has 6 heteroatoms. The molecule has 4 N–H and O–H groups in total. The third kappa shape index (κ3) is 5.53. The van der Waals surface area contributed by atoms with E-state index in [-0.39, 0.29) is 0 Å². The molecule has 0 aromatic heterocycles. The SMILES string of the molecule is CCOc1ccccc1CNC(=NC)NCc1ccc(C(N)=O)cc1. The number of para-hydroxylation sites is 1. The molecule has 0 spiro atoms. The lowest BCUT2D eigenvalue weighted by molar-refractivity contribution is 0.100. The Morgan fingerprint density at radius 2 is 1.76 bits per heavy atom. The van der Waals surface area contributed by atoms with Crippen LogP contribution in [0.3, 0.4) is 0 Å². The topological polar surface area (TPSA) is 88.7 Å². The lowest BCUT2D eigenvalue weighted by atomic mass is 10.1. The molecule has 0 bridgehead atoms. The second kappa shape index (κ2) is 9.32. The van der Waals surface area contributed by atoms with Crippen LogP contribution in [0.2, 0.25) is 0 Å². The molecular formula is C19H24N4O2. The highest BCUT2D eigenvalue weighted by atomic mass is 16.5. The van der Waals surface area contributed by atoms with E-state index in [9.17, 15) is 4.79 Å². The molecule has 25 heavy (non-hydrogen) atoms. The van der Waals surface area contributed by atoms with Crippen molar-refractivity contribution in [1.29, 1.82) is 0 Å². The lowest BCUT2D eigenvalue weighted by Crippen LogP contribution is -2.36. The van der Waals surface area contributed by atoms with Crippen LogP contribution in [0.25, 0.3) is 0 Å². The molecule has 0 heterocycles. The van der Waals surface area contributed by atoms with E-state index in [1.54, 1.807) is 19.2 Å².